The van der Waals surface area contributed by atoms with Gasteiger partial charge in [-0.05, 0) is 61.3 Å². The number of rotatable bonds is 5. The zero-order valence-electron chi connectivity index (χ0n) is 20.5. The average molecular weight is 480 g/mol. The third kappa shape index (κ3) is 4.48. The number of carbonyl (C=O) groups is 3. The Hall–Kier alpha value is -2.41. The highest BCUT2D eigenvalue weighted by atomic mass is 16.5. The number of hydrogen-bond donors (Lipinski definition) is 1. The van der Waals surface area contributed by atoms with Gasteiger partial charge in [0.2, 0.25) is 11.8 Å². The second-order valence-corrected chi connectivity index (χ2v) is 11.3. The monoisotopic (exact) mass is 479 g/mol. The Balaban J connectivity index is 1.10. The van der Waals surface area contributed by atoms with Crippen LogP contribution in [0.4, 0.5) is 0 Å². The molecule has 3 unspecified atom stereocenters. The zero-order valence-corrected chi connectivity index (χ0v) is 20.5. The molecule has 2 saturated heterocycles. The first-order chi connectivity index (χ1) is 17.1. The molecule has 35 heavy (non-hydrogen) atoms. The van der Waals surface area contributed by atoms with E-state index in [2.05, 4.69) is 10.2 Å². The van der Waals surface area contributed by atoms with Crippen molar-refractivity contribution in [3.63, 3.8) is 0 Å². The molecule has 7 heteroatoms. The van der Waals surface area contributed by atoms with Crippen LogP contribution in [-0.2, 0) is 16.1 Å². The Bertz CT molecular complexity index is 998. The van der Waals surface area contributed by atoms with Crippen molar-refractivity contribution in [3.8, 4) is 5.75 Å². The highest BCUT2D eigenvalue weighted by Gasteiger charge is 2.42. The van der Waals surface area contributed by atoms with Crippen LogP contribution in [0.1, 0.15) is 86.6 Å². The zero-order chi connectivity index (χ0) is 23.9. The van der Waals surface area contributed by atoms with Gasteiger partial charge in [0.25, 0.3) is 5.91 Å². The van der Waals surface area contributed by atoms with Crippen molar-refractivity contribution in [1.29, 1.82) is 0 Å². The number of nitrogens with one attached hydrogen (secondary N) is 1. The molecular formula is C28H37N3O4. The van der Waals surface area contributed by atoms with Crippen molar-refractivity contribution < 1.29 is 19.1 Å². The molecule has 0 aromatic heterocycles. The van der Waals surface area contributed by atoms with E-state index in [-0.39, 0.29) is 30.2 Å². The van der Waals surface area contributed by atoms with E-state index in [0.29, 0.717) is 24.6 Å². The van der Waals surface area contributed by atoms with Crippen molar-refractivity contribution in [2.75, 3.05) is 13.1 Å². The molecule has 7 nitrogen and oxygen atoms in total. The van der Waals surface area contributed by atoms with Crippen molar-refractivity contribution in [2.24, 2.45) is 11.8 Å². The lowest BCUT2D eigenvalue weighted by atomic mass is 9.75. The fraction of sp³-hybridized carbons (Fsp3) is 0.679. The first-order valence-corrected chi connectivity index (χ1v) is 13.7. The Morgan fingerprint density at radius 2 is 1.63 bits per heavy atom. The minimum absolute atomic E-state index is 0.133. The predicted molar refractivity (Wildman–Crippen MR) is 131 cm³/mol. The van der Waals surface area contributed by atoms with Crippen LogP contribution in [0, 0.1) is 11.8 Å². The van der Waals surface area contributed by atoms with Gasteiger partial charge in [-0.3, -0.25) is 24.6 Å². The van der Waals surface area contributed by atoms with E-state index in [1.54, 1.807) is 4.90 Å². The summed E-state index contributed by atoms with van der Waals surface area (Å²) in [6, 6.07) is 5.66. The summed E-state index contributed by atoms with van der Waals surface area (Å²) in [6.45, 7) is 2.85. The Labute approximate surface area is 207 Å². The minimum atomic E-state index is -0.580. The van der Waals surface area contributed by atoms with Crippen LogP contribution < -0.4 is 10.1 Å². The predicted octanol–water partition coefficient (Wildman–Crippen LogP) is 3.65. The molecule has 3 aliphatic heterocycles. The molecule has 0 spiro atoms. The van der Waals surface area contributed by atoms with Gasteiger partial charge in [-0.1, -0.05) is 38.5 Å². The fourth-order valence-electron chi connectivity index (χ4n) is 7.15. The Morgan fingerprint density at radius 1 is 0.857 bits per heavy atom. The lowest BCUT2D eigenvalue weighted by Crippen LogP contribution is -2.59. The minimum Gasteiger partial charge on any atom is -0.489 e. The summed E-state index contributed by atoms with van der Waals surface area (Å²) in [4.78, 5) is 41.1. The van der Waals surface area contributed by atoms with Crippen molar-refractivity contribution in [3.05, 3.63) is 29.3 Å². The Kier molecular flexibility index (Phi) is 6.29. The lowest BCUT2D eigenvalue weighted by molar-refractivity contribution is -0.136. The topological polar surface area (TPSA) is 79.0 Å². The second-order valence-electron chi connectivity index (χ2n) is 11.3. The van der Waals surface area contributed by atoms with Gasteiger partial charge in [0, 0.05) is 37.7 Å². The molecule has 2 aliphatic carbocycles. The van der Waals surface area contributed by atoms with Crippen LogP contribution in [0.5, 0.6) is 5.75 Å². The molecule has 1 N–H and O–H groups in total. The van der Waals surface area contributed by atoms with Crippen molar-refractivity contribution >= 4 is 17.7 Å². The smallest absolute Gasteiger partial charge is 0.255 e. The van der Waals surface area contributed by atoms with Gasteiger partial charge >= 0.3 is 0 Å². The maximum absolute atomic E-state index is 13.0. The largest absolute Gasteiger partial charge is 0.489 e. The summed E-state index contributed by atoms with van der Waals surface area (Å²) in [5.74, 6) is 1.87. The fourth-order valence-corrected chi connectivity index (χ4v) is 7.15. The maximum atomic E-state index is 13.0. The number of hydrogen-bond acceptors (Lipinski definition) is 5. The van der Waals surface area contributed by atoms with Gasteiger partial charge < -0.3 is 9.64 Å². The molecule has 3 amide bonds. The number of piperidine rings is 1. The summed E-state index contributed by atoms with van der Waals surface area (Å²) in [6.07, 6.45) is 12.7. The molecule has 0 bridgehead atoms. The van der Waals surface area contributed by atoms with Crippen LogP contribution in [0.25, 0.3) is 0 Å². The van der Waals surface area contributed by atoms with E-state index >= 15 is 0 Å². The molecule has 2 saturated carbocycles. The molecule has 6 rings (SSSR count). The summed E-state index contributed by atoms with van der Waals surface area (Å²) in [7, 11) is 0. The molecule has 3 heterocycles. The SMILES string of the molecule is O=C1CCC(N2Cc3cc(OC4CCCCC4N4CC(C5CCCCC5)C4)ccc3C2=O)C(=O)N1. The molecule has 1 aromatic rings. The quantitative estimate of drug-likeness (QED) is 0.653. The number of ether oxygens (including phenoxy) is 1. The van der Waals surface area contributed by atoms with Crippen molar-refractivity contribution in [2.45, 2.75) is 95.4 Å². The molecular weight excluding hydrogens is 442 g/mol. The number of benzene rings is 1. The van der Waals surface area contributed by atoms with Gasteiger partial charge in [0.1, 0.15) is 17.9 Å². The van der Waals surface area contributed by atoms with Crippen LogP contribution in [0.3, 0.4) is 0 Å². The van der Waals surface area contributed by atoms with Gasteiger partial charge in [-0.2, -0.15) is 0 Å². The van der Waals surface area contributed by atoms with Crippen LogP contribution in [-0.4, -0.2) is 58.8 Å². The van der Waals surface area contributed by atoms with Crippen LogP contribution in [0.2, 0.25) is 0 Å². The van der Waals surface area contributed by atoms with Gasteiger partial charge in [0.15, 0.2) is 0 Å². The number of nitrogens with zero attached hydrogens (tertiary/aromatic N) is 2. The van der Waals surface area contributed by atoms with E-state index in [1.807, 2.05) is 18.2 Å². The molecule has 5 aliphatic rings. The molecule has 1 aromatic carbocycles. The maximum Gasteiger partial charge on any atom is 0.255 e. The first-order valence-electron chi connectivity index (χ1n) is 13.7. The van der Waals surface area contributed by atoms with E-state index in [4.69, 9.17) is 4.74 Å². The summed E-state index contributed by atoms with van der Waals surface area (Å²) < 4.78 is 6.59. The van der Waals surface area contributed by atoms with Crippen molar-refractivity contribution in [1.82, 2.24) is 15.1 Å². The summed E-state index contributed by atoms with van der Waals surface area (Å²) >= 11 is 0. The third-order valence-electron chi connectivity index (χ3n) is 9.17. The number of imide groups is 1. The number of amides is 3. The normalized spacial score (nSPS) is 30.7. The van der Waals surface area contributed by atoms with Gasteiger partial charge in [-0.15, -0.1) is 0 Å². The van der Waals surface area contributed by atoms with Crippen LogP contribution >= 0.6 is 0 Å². The van der Waals surface area contributed by atoms with E-state index < -0.39 is 6.04 Å². The first kappa shape index (κ1) is 23.0. The molecule has 3 atom stereocenters. The number of likely N-dealkylation sites (tertiary alicyclic amines) is 1. The lowest BCUT2D eigenvalue weighted by Gasteiger charge is -2.51. The van der Waals surface area contributed by atoms with E-state index in [9.17, 15) is 14.4 Å². The summed E-state index contributed by atoms with van der Waals surface area (Å²) in [5, 5.41) is 2.37. The molecule has 4 fully saturated rings. The van der Waals surface area contributed by atoms with Crippen LogP contribution in [0.15, 0.2) is 18.2 Å². The summed E-state index contributed by atoms with van der Waals surface area (Å²) in [5.41, 5.74) is 1.55. The number of fused-ring (bicyclic) bond motifs is 1. The van der Waals surface area contributed by atoms with Gasteiger partial charge in [0.05, 0.1) is 0 Å². The standard InChI is InChI=1S/C28H37N3O4/c32-26-13-12-24(27(33)29-26)31-17-19-14-21(10-11-22(19)28(31)34)35-25-9-5-4-8-23(25)30-15-20(16-30)18-6-2-1-3-7-18/h10-11,14,18,20,23-25H,1-9,12-13,15-17H2,(H,29,32,33). The number of carbonyl (C=O) groups excluding carboxylic acids is 3. The van der Waals surface area contributed by atoms with E-state index in [0.717, 1.165) is 29.6 Å². The average Bonchev–Trinajstić information content (AvgIpc) is 3.15. The highest BCUT2D eigenvalue weighted by Crippen LogP contribution is 2.39. The highest BCUT2D eigenvalue weighted by molar-refractivity contribution is 6.05. The third-order valence-corrected chi connectivity index (χ3v) is 9.17. The van der Waals surface area contributed by atoms with Gasteiger partial charge in [-0.25, -0.2) is 0 Å². The molecule has 188 valence electrons. The Morgan fingerprint density at radius 3 is 2.43 bits per heavy atom. The molecule has 0 radical (unpaired) electrons. The second kappa shape index (κ2) is 9.57. The van der Waals surface area contributed by atoms with E-state index in [1.165, 1.54) is 64.5 Å².